The Kier molecular flexibility index (Phi) is 2.67. The van der Waals surface area contributed by atoms with Gasteiger partial charge < -0.3 is 9.64 Å². The molecule has 0 amide bonds. The van der Waals surface area contributed by atoms with Gasteiger partial charge in [-0.05, 0) is 25.8 Å². The maximum Gasteiger partial charge on any atom is 0.144 e. The summed E-state index contributed by atoms with van der Waals surface area (Å²) in [6, 6.07) is 4.29. The summed E-state index contributed by atoms with van der Waals surface area (Å²) in [6.07, 6.45) is 2.56. The average Bonchev–Trinajstić information content (AvgIpc) is 2.93. The highest BCUT2D eigenvalue weighted by molar-refractivity contribution is 7.18. The molecule has 2 aromatic rings. The topological polar surface area (TPSA) is 25.4 Å². The van der Waals surface area contributed by atoms with Crippen LogP contribution in [0.25, 0.3) is 10.2 Å². The molecular weight excluding hydrogens is 232 g/mol. The number of anilines is 1. The standard InChI is InChI=1S/C13H16N2OS/c1-9-14-10-7-12(16-2)11(8-13(10)17-9)15-5-3-4-6-15/h7-8H,3-6H2,1-2H3. The van der Waals surface area contributed by atoms with Crippen LogP contribution in [0.3, 0.4) is 0 Å². The fraction of sp³-hybridized carbons (Fsp3) is 0.462. The zero-order valence-electron chi connectivity index (χ0n) is 10.2. The van der Waals surface area contributed by atoms with E-state index in [1.165, 1.54) is 23.2 Å². The maximum atomic E-state index is 5.50. The molecule has 1 aliphatic rings. The van der Waals surface area contributed by atoms with Crippen LogP contribution in [-0.4, -0.2) is 25.2 Å². The molecule has 1 aliphatic heterocycles. The van der Waals surface area contributed by atoms with Crippen molar-refractivity contribution < 1.29 is 4.74 Å². The Bertz CT molecular complexity index is 544. The SMILES string of the molecule is COc1cc2nc(C)sc2cc1N1CCCC1. The Labute approximate surface area is 105 Å². The lowest BCUT2D eigenvalue weighted by molar-refractivity contribution is 0.415. The van der Waals surface area contributed by atoms with E-state index in [1.807, 2.05) is 6.92 Å². The molecule has 90 valence electrons. The first-order valence-electron chi connectivity index (χ1n) is 5.98. The van der Waals surface area contributed by atoms with E-state index in [0.717, 1.165) is 29.4 Å². The fourth-order valence-corrected chi connectivity index (χ4v) is 3.27. The molecule has 3 nitrogen and oxygen atoms in total. The van der Waals surface area contributed by atoms with Gasteiger partial charge in [-0.15, -0.1) is 11.3 Å². The van der Waals surface area contributed by atoms with Crippen molar-refractivity contribution in [3.63, 3.8) is 0 Å². The van der Waals surface area contributed by atoms with Gasteiger partial charge in [0.25, 0.3) is 0 Å². The highest BCUT2D eigenvalue weighted by Gasteiger charge is 2.18. The lowest BCUT2D eigenvalue weighted by Gasteiger charge is -2.20. The van der Waals surface area contributed by atoms with Crippen molar-refractivity contribution in [2.24, 2.45) is 0 Å². The number of ether oxygens (including phenoxy) is 1. The van der Waals surface area contributed by atoms with Crippen LogP contribution in [-0.2, 0) is 0 Å². The van der Waals surface area contributed by atoms with Crippen molar-refractivity contribution >= 4 is 27.2 Å². The molecular formula is C13H16N2OS. The highest BCUT2D eigenvalue weighted by atomic mass is 32.1. The first-order valence-corrected chi connectivity index (χ1v) is 6.80. The summed E-state index contributed by atoms with van der Waals surface area (Å²) in [4.78, 5) is 6.92. The summed E-state index contributed by atoms with van der Waals surface area (Å²) in [5.41, 5.74) is 2.27. The molecule has 1 fully saturated rings. The summed E-state index contributed by atoms with van der Waals surface area (Å²) in [6.45, 7) is 4.33. The average molecular weight is 248 g/mol. The molecule has 0 N–H and O–H groups in total. The van der Waals surface area contributed by atoms with Gasteiger partial charge in [0.1, 0.15) is 5.75 Å². The third-order valence-corrected chi connectivity index (χ3v) is 4.18. The molecule has 0 saturated carbocycles. The molecule has 0 aliphatic carbocycles. The summed E-state index contributed by atoms with van der Waals surface area (Å²) in [7, 11) is 1.74. The number of rotatable bonds is 2. The van der Waals surface area contributed by atoms with Crippen LogP contribution in [0.4, 0.5) is 5.69 Å². The van der Waals surface area contributed by atoms with E-state index in [-0.39, 0.29) is 0 Å². The number of hydrogen-bond donors (Lipinski definition) is 0. The monoisotopic (exact) mass is 248 g/mol. The maximum absolute atomic E-state index is 5.50. The molecule has 0 unspecified atom stereocenters. The Hall–Kier alpha value is -1.29. The van der Waals surface area contributed by atoms with Crippen LogP contribution in [0.1, 0.15) is 17.8 Å². The zero-order valence-corrected chi connectivity index (χ0v) is 11.0. The van der Waals surface area contributed by atoms with Gasteiger partial charge in [0, 0.05) is 19.2 Å². The van der Waals surface area contributed by atoms with Crippen molar-refractivity contribution in [3.8, 4) is 5.75 Å². The number of aromatic nitrogens is 1. The Morgan fingerprint density at radius 1 is 1.29 bits per heavy atom. The minimum atomic E-state index is 0.949. The number of aryl methyl sites for hydroxylation is 1. The minimum absolute atomic E-state index is 0.949. The van der Waals surface area contributed by atoms with Gasteiger partial charge in [-0.25, -0.2) is 4.98 Å². The van der Waals surface area contributed by atoms with Crippen molar-refractivity contribution in [2.45, 2.75) is 19.8 Å². The van der Waals surface area contributed by atoms with E-state index >= 15 is 0 Å². The molecule has 17 heavy (non-hydrogen) atoms. The van der Waals surface area contributed by atoms with Crippen LogP contribution in [0.2, 0.25) is 0 Å². The normalized spacial score (nSPS) is 15.8. The van der Waals surface area contributed by atoms with Crippen LogP contribution in [0.15, 0.2) is 12.1 Å². The van der Waals surface area contributed by atoms with Gasteiger partial charge in [-0.2, -0.15) is 0 Å². The van der Waals surface area contributed by atoms with Gasteiger partial charge in [0.2, 0.25) is 0 Å². The predicted molar refractivity (Wildman–Crippen MR) is 72.4 cm³/mol. The van der Waals surface area contributed by atoms with E-state index in [2.05, 4.69) is 22.0 Å². The molecule has 1 aromatic heterocycles. The molecule has 3 rings (SSSR count). The van der Waals surface area contributed by atoms with E-state index in [1.54, 1.807) is 18.4 Å². The second kappa shape index (κ2) is 4.18. The van der Waals surface area contributed by atoms with Gasteiger partial charge in [0.05, 0.1) is 28.0 Å². The lowest BCUT2D eigenvalue weighted by atomic mass is 10.2. The molecule has 1 saturated heterocycles. The Morgan fingerprint density at radius 2 is 2.06 bits per heavy atom. The van der Waals surface area contributed by atoms with E-state index in [4.69, 9.17) is 4.74 Å². The third kappa shape index (κ3) is 1.86. The molecule has 1 aromatic carbocycles. The number of fused-ring (bicyclic) bond motifs is 1. The highest BCUT2D eigenvalue weighted by Crippen LogP contribution is 2.36. The third-order valence-electron chi connectivity index (χ3n) is 3.24. The Balaban J connectivity index is 2.13. The molecule has 4 heteroatoms. The van der Waals surface area contributed by atoms with E-state index in [9.17, 15) is 0 Å². The number of thiazole rings is 1. The second-order valence-electron chi connectivity index (χ2n) is 4.42. The van der Waals surface area contributed by atoms with Crippen molar-refractivity contribution in [1.82, 2.24) is 4.98 Å². The summed E-state index contributed by atoms with van der Waals surface area (Å²) < 4.78 is 6.75. The number of hydrogen-bond acceptors (Lipinski definition) is 4. The summed E-state index contributed by atoms with van der Waals surface area (Å²) >= 11 is 1.75. The van der Waals surface area contributed by atoms with Gasteiger partial charge in [-0.1, -0.05) is 0 Å². The number of benzene rings is 1. The quantitative estimate of drug-likeness (QED) is 0.816. The van der Waals surface area contributed by atoms with Crippen LogP contribution in [0.5, 0.6) is 5.75 Å². The van der Waals surface area contributed by atoms with E-state index < -0.39 is 0 Å². The second-order valence-corrected chi connectivity index (χ2v) is 5.65. The van der Waals surface area contributed by atoms with Crippen LogP contribution in [0, 0.1) is 6.92 Å². The van der Waals surface area contributed by atoms with E-state index in [0.29, 0.717) is 0 Å². The Morgan fingerprint density at radius 3 is 2.76 bits per heavy atom. The first-order chi connectivity index (χ1) is 8.28. The molecule has 0 bridgehead atoms. The van der Waals surface area contributed by atoms with Gasteiger partial charge in [-0.3, -0.25) is 0 Å². The minimum Gasteiger partial charge on any atom is -0.495 e. The molecule has 0 atom stereocenters. The fourth-order valence-electron chi connectivity index (χ4n) is 2.43. The van der Waals surface area contributed by atoms with Crippen LogP contribution >= 0.6 is 11.3 Å². The van der Waals surface area contributed by atoms with Gasteiger partial charge >= 0.3 is 0 Å². The summed E-state index contributed by atoms with van der Waals surface area (Å²) in [5, 5.41) is 1.11. The largest absolute Gasteiger partial charge is 0.495 e. The molecule has 0 spiro atoms. The first kappa shape index (κ1) is 10.8. The smallest absolute Gasteiger partial charge is 0.144 e. The van der Waals surface area contributed by atoms with Gasteiger partial charge in [0.15, 0.2) is 0 Å². The predicted octanol–water partition coefficient (Wildman–Crippen LogP) is 3.21. The van der Waals surface area contributed by atoms with Crippen molar-refractivity contribution in [1.29, 1.82) is 0 Å². The van der Waals surface area contributed by atoms with Crippen molar-refractivity contribution in [2.75, 3.05) is 25.1 Å². The lowest BCUT2D eigenvalue weighted by Crippen LogP contribution is -2.18. The summed E-state index contributed by atoms with van der Waals surface area (Å²) in [5.74, 6) is 0.949. The molecule has 2 heterocycles. The molecule has 0 radical (unpaired) electrons. The van der Waals surface area contributed by atoms with Crippen molar-refractivity contribution in [3.05, 3.63) is 17.1 Å². The number of nitrogens with zero attached hydrogens (tertiary/aromatic N) is 2. The zero-order chi connectivity index (χ0) is 11.8. The van der Waals surface area contributed by atoms with Crippen LogP contribution < -0.4 is 9.64 Å². The number of methoxy groups -OCH3 is 1.